The molecule has 0 bridgehead atoms. The Morgan fingerprint density at radius 1 is 0.765 bits per heavy atom. The average Bonchev–Trinajstić information content (AvgIpc) is 2.82. The maximum absolute atomic E-state index is 12.3. The molecule has 7 heteroatoms. The van der Waals surface area contributed by atoms with Gasteiger partial charge in [0.05, 0.1) is 0 Å². The Bertz CT molecular complexity index is 1650. The Balaban J connectivity index is 1.33. The lowest BCUT2D eigenvalue weighted by Gasteiger charge is -2.09. The van der Waals surface area contributed by atoms with E-state index in [-0.39, 0.29) is 12.4 Å². The van der Waals surface area contributed by atoms with E-state index in [0.29, 0.717) is 16.9 Å². The van der Waals surface area contributed by atoms with Gasteiger partial charge in [0.1, 0.15) is 22.7 Å². The molecule has 0 amide bonds. The van der Waals surface area contributed by atoms with E-state index in [9.17, 15) is 14.4 Å². The second kappa shape index (κ2) is 8.71. The summed E-state index contributed by atoms with van der Waals surface area (Å²) < 4.78 is 21.4. The van der Waals surface area contributed by atoms with Gasteiger partial charge in [-0.05, 0) is 47.9 Å². The van der Waals surface area contributed by atoms with Crippen molar-refractivity contribution in [2.45, 2.75) is 6.92 Å². The highest BCUT2D eigenvalue weighted by Gasteiger charge is 2.12. The molecule has 0 saturated heterocycles. The molecule has 0 aliphatic carbocycles. The van der Waals surface area contributed by atoms with Gasteiger partial charge in [-0.15, -0.1) is 0 Å². The highest BCUT2D eigenvalue weighted by atomic mass is 16.6. The normalized spacial score (nSPS) is 11.0. The zero-order chi connectivity index (χ0) is 23.7. The van der Waals surface area contributed by atoms with Crippen molar-refractivity contribution in [3.05, 3.63) is 105 Å². The Labute approximate surface area is 192 Å². The Kier molecular flexibility index (Phi) is 5.43. The van der Waals surface area contributed by atoms with Gasteiger partial charge in [0.15, 0.2) is 6.61 Å². The highest BCUT2D eigenvalue weighted by Crippen LogP contribution is 2.29. The van der Waals surface area contributed by atoms with E-state index in [1.54, 1.807) is 37.3 Å². The average molecular weight is 454 g/mol. The zero-order valence-electron chi connectivity index (χ0n) is 18.1. The molecule has 168 valence electrons. The lowest BCUT2D eigenvalue weighted by molar-refractivity contribution is -0.136. The summed E-state index contributed by atoms with van der Waals surface area (Å²) in [7, 11) is 0. The number of hydrogen-bond donors (Lipinski definition) is 0. The molecule has 0 N–H and O–H groups in total. The zero-order valence-corrected chi connectivity index (χ0v) is 18.1. The first-order chi connectivity index (χ1) is 16.5. The first-order valence-electron chi connectivity index (χ1n) is 10.5. The van der Waals surface area contributed by atoms with Gasteiger partial charge < -0.3 is 18.3 Å². The summed E-state index contributed by atoms with van der Waals surface area (Å²) >= 11 is 0. The minimum absolute atomic E-state index is 0.229. The van der Waals surface area contributed by atoms with Crippen molar-refractivity contribution in [2.75, 3.05) is 6.61 Å². The van der Waals surface area contributed by atoms with Gasteiger partial charge in [-0.2, -0.15) is 0 Å². The topological polar surface area (TPSA) is 96.0 Å². The molecule has 0 spiro atoms. The van der Waals surface area contributed by atoms with Crippen LogP contribution >= 0.6 is 0 Å². The molecule has 3 aromatic carbocycles. The van der Waals surface area contributed by atoms with Crippen molar-refractivity contribution in [1.82, 2.24) is 0 Å². The first-order valence-corrected chi connectivity index (χ1v) is 10.5. The molecule has 0 aliphatic heterocycles. The maximum Gasteiger partial charge on any atom is 0.349 e. The largest absolute Gasteiger partial charge is 0.482 e. The van der Waals surface area contributed by atoms with Crippen molar-refractivity contribution in [1.29, 1.82) is 0 Å². The molecule has 7 nitrogen and oxygen atoms in total. The summed E-state index contributed by atoms with van der Waals surface area (Å²) in [6, 6.07) is 22.2. The Hall–Kier alpha value is -4.65. The first kappa shape index (κ1) is 21.2. The lowest BCUT2D eigenvalue weighted by atomic mass is 10.0. The van der Waals surface area contributed by atoms with Crippen LogP contribution in [0, 0.1) is 6.92 Å². The predicted molar refractivity (Wildman–Crippen MR) is 126 cm³/mol. The summed E-state index contributed by atoms with van der Waals surface area (Å²) in [5, 5.41) is 1.50. The SMILES string of the molecule is Cc1cc(=O)oc2cc(OC(=O)COc3ccc4c(-c5ccccc5)cc(=O)oc4c3)ccc12. The van der Waals surface area contributed by atoms with Crippen LogP contribution in [-0.2, 0) is 4.79 Å². The van der Waals surface area contributed by atoms with Crippen LogP contribution in [-0.4, -0.2) is 12.6 Å². The third-order valence-corrected chi connectivity index (χ3v) is 5.31. The van der Waals surface area contributed by atoms with Gasteiger partial charge in [0, 0.05) is 35.0 Å². The number of benzene rings is 3. The van der Waals surface area contributed by atoms with E-state index in [4.69, 9.17) is 18.3 Å². The molecule has 0 saturated carbocycles. The summed E-state index contributed by atoms with van der Waals surface area (Å²) in [5.74, 6) is -0.0706. The molecule has 2 heterocycles. The molecule has 5 aromatic rings. The fraction of sp³-hybridized carbons (Fsp3) is 0.0741. The van der Waals surface area contributed by atoms with Gasteiger partial charge in [-0.3, -0.25) is 0 Å². The number of ether oxygens (including phenoxy) is 2. The minimum Gasteiger partial charge on any atom is -0.482 e. The van der Waals surface area contributed by atoms with E-state index >= 15 is 0 Å². The van der Waals surface area contributed by atoms with Crippen LogP contribution in [0.3, 0.4) is 0 Å². The number of carbonyl (C=O) groups excluding carboxylic acids is 1. The molecule has 5 rings (SSSR count). The number of esters is 1. The van der Waals surface area contributed by atoms with E-state index in [2.05, 4.69) is 0 Å². The van der Waals surface area contributed by atoms with Gasteiger partial charge in [0.2, 0.25) is 0 Å². The molecular formula is C27H18O7. The van der Waals surface area contributed by atoms with Crippen LogP contribution in [0.4, 0.5) is 0 Å². The quantitative estimate of drug-likeness (QED) is 0.213. The van der Waals surface area contributed by atoms with Gasteiger partial charge in [-0.25, -0.2) is 14.4 Å². The van der Waals surface area contributed by atoms with E-state index in [1.807, 2.05) is 30.3 Å². The molecule has 0 radical (unpaired) electrons. The second-order valence-electron chi connectivity index (χ2n) is 7.67. The fourth-order valence-electron chi connectivity index (χ4n) is 3.76. The Morgan fingerprint density at radius 2 is 1.41 bits per heavy atom. The van der Waals surface area contributed by atoms with Crippen LogP contribution in [0.5, 0.6) is 11.5 Å². The predicted octanol–water partition coefficient (Wildman–Crippen LogP) is 4.86. The number of rotatable bonds is 5. The smallest absolute Gasteiger partial charge is 0.349 e. The molecular weight excluding hydrogens is 436 g/mol. The molecule has 2 aromatic heterocycles. The summed E-state index contributed by atoms with van der Waals surface area (Å²) in [4.78, 5) is 36.0. The fourth-order valence-corrected chi connectivity index (χ4v) is 3.76. The van der Waals surface area contributed by atoms with E-state index in [0.717, 1.165) is 27.5 Å². The second-order valence-corrected chi connectivity index (χ2v) is 7.67. The van der Waals surface area contributed by atoms with Crippen LogP contribution in [0.2, 0.25) is 0 Å². The summed E-state index contributed by atoms with van der Waals surface area (Å²) in [6.07, 6.45) is 0. The van der Waals surface area contributed by atoms with Crippen molar-refractivity contribution in [3.63, 3.8) is 0 Å². The van der Waals surface area contributed by atoms with Crippen molar-refractivity contribution in [2.24, 2.45) is 0 Å². The maximum atomic E-state index is 12.3. The van der Waals surface area contributed by atoms with E-state index in [1.165, 1.54) is 18.2 Å². The third-order valence-electron chi connectivity index (χ3n) is 5.31. The van der Waals surface area contributed by atoms with Gasteiger partial charge >= 0.3 is 17.2 Å². The van der Waals surface area contributed by atoms with Crippen molar-refractivity contribution < 1.29 is 23.1 Å². The van der Waals surface area contributed by atoms with Crippen LogP contribution in [0.25, 0.3) is 33.1 Å². The standard InChI is InChI=1S/C27H18O7/c1-16-11-25(28)33-23-13-19(8-9-20(16)23)32-27(30)15-31-18-7-10-21-22(17-5-3-2-4-6-17)14-26(29)34-24(21)12-18/h2-14H,15H2,1H3. The van der Waals surface area contributed by atoms with Gasteiger partial charge in [0.25, 0.3) is 0 Å². The number of aryl methyl sites for hydroxylation is 1. The monoisotopic (exact) mass is 454 g/mol. The van der Waals surface area contributed by atoms with Crippen molar-refractivity contribution in [3.8, 4) is 22.6 Å². The molecule has 34 heavy (non-hydrogen) atoms. The molecule has 0 atom stereocenters. The molecule has 0 aliphatic rings. The summed E-state index contributed by atoms with van der Waals surface area (Å²) in [5.41, 5.74) is 2.12. The minimum atomic E-state index is -0.645. The van der Waals surface area contributed by atoms with Crippen LogP contribution < -0.4 is 20.7 Å². The van der Waals surface area contributed by atoms with Crippen molar-refractivity contribution >= 4 is 27.9 Å². The van der Waals surface area contributed by atoms with Crippen LogP contribution in [0.1, 0.15) is 5.56 Å². The third kappa shape index (κ3) is 4.31. The molecule has 0 fully saturated rings. The lowest BCUT2D eigenvalue weighted by Crippen LogP contribution is -2.17. The van der Waals surface area contributed by atoms with Crippen LogP contribution in [0.15, 0.2) is 97.3 Å². The molecule has 0 unspecified atom stereocenters. The van der Waals surface area contributed by atoms with Gasteiger partial charge in [-0.1, -0.05) is 30.3 Å². The number of fused-ring (bicyclic) bond motifs is 2. The highest BCUT2D eigenvalue weighted by molar-refractivity contribution is 5.93. The van der Waals surface area contributed by atoms with E-state index < -0.39 is 17.2 Å². The number of hydrogen-bond acceptors (Lipinski definition) is 7. The Morgan fingerprint density at radius 3 is 2.21 bits per heavy atom. The summed E-state index contributed by atoms with van der Waals surface area (Å²) in [6.45, 7) is 1.43. The number of carbonyl (C=O) groups is 1.